The number of nitrogens with one attached hydrogen (secondary N) is 3. The normalized spacial score (nSPS) is 14.4. The summed E-state index contributed by atoms with van der Waals surface area (Å²) in [6.45, 7) is 0. The molecule has 0 fully saturated rings. The average Bonchev–Trinajstić information content (AvgIpc) is 2.74. The van der Waals surface area contributed by atoms with Crippen molar-refractivity contribution < 1.29 is 9.90 Å². The van der Waals surface area contributed by atoms with E-state index in [0.717, 1.165) is 5.56 Å². The fourth-order valence-electron chi connectivity index (χ4n) is 2.04. The van der Waals surface area contributed by atoms with Gasteiger partial charge in [0.1, 0.15) is 6.04 Å². The molecule has 6 N–H and O–H groups in total. The largest absolute Gasteiger partial charge is 0.480 e. The highest BCUT2D eigenvalue weighted by Gasteiger charge is 2.19. The number of fused-ring (bicyclic) bond motifs is 1. The molecule has 0 amide bonds. The summed E-state index contributed by atoms with van der Waals surface area (Å²) in [7, 11) is 1.74. The van der Waals surface area contributed by atoms with Crippen molar-refractivity contribution >= 4 is 17.0 Å². The molecule has 0 aliphatic rings. The van der Waals surface area contributed by atoms with Gasteiger partial charge in [-0.25, -0.2) is 4.79 Å². The minimum absolute atomic E-state index is 0.186. The molecule has 0 saturated carbocycles. The fraction of sp³-hybridized carbons (Fsp3) is 0.333. The van der Waals surface area contributed by atoms with Crippen LogP contribution in [0, 0.1) is 0 Å². The monoisotopic (exact) mass is 264 g/mol. The zero-order chi connectivity index (χ0) is 14.0. The van der Waals surface area contributed by atoms with Crippen molar-refractivity contribution in [3.8, 4) is 0 Å². The first-order valence-corrected chi connectivity index (χ1v) is 5.89. The van der Waals surface area contributed by atoms with Crippen LogP contribution < -0.4 is 16.7 Å². The summed E-state index contributed by atoms with van der Waals surface area (Å²) in [6, 6.07) is 4.30. The average molecular weight is 264 g/mol. The highest BCUT2D eigenvalue weighted by Crippen LogP contribution is 2.20. The number of carboxylic acid groups (broad SMARTS) is 1. The minimum atomic E-state index is -1.03. The van der Waals surface area contributed by atoms with Gasteiger partial charge in [-0.1, -0.05) is 6.07 Å². The summed E-state index contributed by atoms with van der Waals surface area (Å²) in [6.07, 6.45) is 0.270. The maximum absolute atomic E-state index is 11.2. The van der Waals surface area contributed by atoms with Crippen LogP contribution >= 0.6 is 0 Å². The van der Waals surface area contributed by atoms with E-state index < -0.39 is 12.0 Å². The molecule has 2 rings (SSSR count). The molecule has 2 aromatic rings. The lowest BCUT2D eigenvalue weighted by Crippen LogP contribution is -2.34. The Kier molecular flexibility index (Phi) is 3.68. The molecule has 102 valence electrons. The summed E-state index contributed by atoms with van der Waals surface area (Å²) >= 11 is 0. The molecule has 0 aliphatic heterocycles. The molecule has 2 unspecified atom stereocenters. The van der Waals surface area contributed by atoms with Crippen molar-refractivity contribution in [2.24, 2.45) is 5.73 Å². The lowest BCUT2D eigenvalue weighted by molar-refractivity contribution is -0.138. The van der Waals surface area contributed by atoms with E-state index in [1.165, 1.54) is 0 Å². The number of aromatic amines is 2. The Morgan fingerprint density at radius 1 is 1.42 bits per heavy atom. The Morgan fingerprint density at radius 2 is 2.11 bits per heavy atom. The number of hydrogen-bond donors (Lipinski definition) is 5. The quantitative estimate of drug-likeness (QED) is 0.516. The topological polar surface area (TPSA) is 124 Å². The number of carboxylic acids is 1. The van der Waals surface area contributed by atoms with E-state index in [9.17, 15) is 9.59 Å². The van der Waals surface area contributed by atoms with Gasteiger partial charge in [0, 0.05) is 6.04 Å². The van der Waals surface area contributed by atoms with E-state index in [1.807, 2.05) is 12.1 Å². The number of H-pyrrole nitrogens is 2. The van der Waals surface area contributed by atoms with Crippen LogP contribution in [0.25, 0.3) is 11.0 Å². The van der Waals surface area contributed by atoms with E-state index >= 15 is 0 Å². The molecule has 7 heteroatoms. The molecule has 2 atom stereocenters. The van der Waals surface area contributed by atoms with Crippen LogP contribution in [-0.4, -0.2) is 34.1 Å². The predicted molar refractivity (Wildman–Crippen MR) is 70.9 cm³/mol. The van der Waals surface area contributed by atoms with Gasteiger partial charge in [0.15, 0.2) is 0 Å². The third kappa shape index (κ3) is 2.83. The Labute approximate surface area is 108 Å². The smallest absolute Gasteiger partial charge is 0.323 e. The molecule has 0 aliphatic carbocycles. The second kappa shape index (κ2) is 5.25. The molecule has 1 heterocycles. The van der Waals surface area contributed by atoms with Crippen LogP contribution in [0.4, 0.5) is 0 Å². The first-order chi connectivity index (χ1) is 9.01. The van der Waals surface area contributed by atoms with Crippen LogP contribution in [0.5, 0.6) is 0 Å². The summed E-state index contributed by atoms with van der Waals surface area (Å²) in [5, 5.41) is 11.9. The number of aliphatic carboxylic acids is 1. The summed E-state index contributed by atoms with van der Waals surface area (Å²) in [4.78, 5) is 27.3. The van der Waals surface area contributed by atoms with E-state index in [4.69, 9.17) is 10.8 Å². The molecular formula is C12H16N4O3. The third-order valence-corrected chi connectivity index (χ3v) is 3.10. The van der Waals surface area contributed by atoms with Gasteiger partial charge >= 0.3 is 11.7 Å². The Balaban J connectivity index is 2.29. The molecule has 0 radical (unpaired) electrons. The maximum atomic E-state index is 11.2. The van der Waals surface area contributed by atoms with Crippen LogP contribution in [0.3, 0.4) is 0 Å². The summed E-state index contributed by atoms with van der Waals surface area (Å²) in [5.74, 6) is -1.03. The Morgan fingerprint density at radius 3 is 2.74 bits per heavy atom. The molecule has 1 aromatic heterocycles. The SMILES string of the molecule is CNC(CC(N)C(=O)O)c1ccc2[nH]c(=O)[nH]c2c1. The number of nitrogens with two attached hydrogens (primary N) is 1. The van der Waals surface area contributed by atoms with Crippen molar-refractivity contribution in [3.63, 3.8) is 0 Å². The molecule has 0 bridgehead atoms. The fourth-order valence-corrected chi connectivity index (χ4v) is 2.04. The molecule has 1 aromatic carbocycles. The first-order valence-electron chi connectivity index (χ1n) is 5.89. The van der Waals surface area contributed by atoms with Crippen molar-refractivity contribution in [3.05, 3.63) is 34.2 Å². The highest BCUT2D eigenvalue weighted by molar-refractivity contribution is 5.75. The van der Waals surface area contributed by atoms with Crippen LogP contribution in [-0.2, 0) is 4.79 Å². The second-order valence-electron chi connectivity index (χ2n) is 4.41. The van der Waals surface area contributed by atoms with Gasteiger partial charge in [0.05, 0.1) is 11.0 Å². The van der Waals surface area contributed by atoms with E-state index in [2.05, 4.69) is 15.3 Å². The molecule has 0 saturated heterocycles. The van der Waals surface area contributed by atoms with Gasteiger partial charge in [-0.3, -0.25) is 4.79 Å². The van der Waals surface area contributed by atoms with Crippen LogP contribution in [0.15, 0.2) is 23.0 Å². The van der Waals surface area contributed by atoms with Gasteiger partial charge in [-0.2, -0.15) is 0 Å². The lowest BCUT2D eigenvalue weighted by atomic mass is 9.99. The lowest BCUT2D eigenvalue weighted by Gasteiger charge is -2.18. The third-order valence-electron chi connectivity index (χ3n) is 3.10. The maximum Gasteiger partial charge on any atom is 0.323 e. The number of carbonyl (C=O) groups is 1. The zero-order valence-electron chi connectivity index (χ0n) is 10.4. The second-order valence-corrected chi connectivity index (χ2v) is 4.41. The van der Waals surface area contributed by atoms with E-state index in [-0.39, 0.29) is 18.2 Å². The van der Waals surface area contributed by atoms with Gasteiger partial charge < -0.3 is 26.1 Å². The molecule has 19 heavy (non-hydrogen) atoms. The zero-order valence-corrected chi connectivity index (χ0v) is 10.4. The molecule has 0 spiro atoms. The van der Waals surface area contributed by atoms with E-state index in [0.29, 0.717) is 11.0 Å². The number of aromatic nitrogens is 2. The van der Waals surface area contributed by atoms with E-state index in [1.54, 1.807) is 13.1 Å². The number of imidazole rings is 1. The Hall–Kier alpha value is -2.12. The number of hydrogen-bond acceptors (Lipinski definition) is 4. The minimum Gasteiger partial charge on any atom is -0.480 e. The molecular weight excluding hydrogens is 248 g/mol. The molecule has 7 nitrogen and oxygen atoms in total. The van der Waals surface area contributed by atoms with Crippen LogP contribution in [0.2, 0.25) is 0 Å². The van der Waals surface area contributed by atoms with Crippen LogP contribution in [0.1, 0.15) is 18.0 Å². The highest BCUT2D eigenvalue weighted by atomic mass is 16.4. The van der Waals surface area contributed by atoms with Crippen molar-refractivity contribution in [2.45, 2.75) is 18.5 Å². The number of benzene rings is 1. The first kappa shape index (κ1) is 13.3. The van der Waals surface area contributed by atoms with Crippen molar-refractivity contribution in [2.75, 3.05) is 7.05 Å². The Bertz CT molecular complexity index is 646. The van der Waals surface area contributed by atoms with Crippen molar-refractivity contribution in [1.29, 1.82) is 0 Å². The standard InChI is InChI=1S/C12H16N4O3/c1-14-9(5-7(13)11(17)18)6-2-3-8-10(4-6)16-12(19)15-8/h2-4,7,9,14H,5,13H2,1H3,(H,17,18)(H2,15,16,19). The van der Waals surface area contributed by atoms with Gasteiger partial charge in [0.25, 0.3) is 0 Å². The van der Waals surface area contributed by atoms with Gasteiger partial charge in [-0.05, 0) is 31.2 Å². The summed E-state index contributed by atoms with van der Waals surface area (Å²) < 4.78 is 0. The van der Waals surface area contributed by atoms with Crippen molar-refractivity contribution in [1.82, 2.24) is 15.3 Å². The predicted octanol–water partition coefficient (Wildman–Crippen LogP) is -0.0813. The van der Waals surface area contributed by atoms with Gasteiger partial charge in [-0.15, -0.1) is 0 Å². The number of rotatable bonds is 5. The van der Waals surface area contributed by atoms with Gasteiger partial charge in [0.2, 0.25) is 0 Å². The summed E-state index contributed by atoms with van der Waals surface area (Å²) in [5.41, 5.74) is 7.55.